The summed E-state index contributed by atoms with van der Waals surface area (Å²) >= 11 is 0. The first-order valence-electron chi connectivity index (χ1n) is 3.61. The summed E-state index contributed by atoms with van der Waals surface area (Å²) in [5.41, 5.74) is 2.65. The van der Waals surface area contributed by atoms with Crippen molar-refractivity contribution >= 4 is 9.24 Å². The molecule has 0 fully saturated rings. The summed E-state index contributed by atoms with van der Waals surface area (Å²) < 4.78 is 5.09. The zero-order valence-electron chi connectivity index (χ0n) is 6.92. The summed E-state index contributed by atoms with van der Waals surface area (Å²) in [4.78, 5) is 0. The fraction of sp³-hybridized carbons (Fsp3) is 0.333. The van der Waals surface area contributed by atoms with Crippen LogP contribution in [0, 0.1) is 6.92 Å². The Hall–Kier alpha value is -0.550. The summed E-state index contributed by atoms with van der Waals surface area (Å²) in [5, 5.41) is 0. The van der Waals surface area contributed by atoms with Crippen LogP contribution in [0.3, 0.4) is 0 Å². The highest BCUT2D eigenvalue weighted by atomic mass is 31.0. The van der Waals surface area contributed by atoms with Gasteiger partial charge in [-0.1, -0.05) is 6.07 Å². The van der Waals surface area contributed by atoms with Crippen LogP contribution in [0.15, 0.2) is 18.2 Å². The Kier molecular flexibility index (Phi) is 2.90. The van der Waals surface area contributed by atoms with E-state index >= 15 is 0 Å². The molecule has 1 atom stereocenters. The van der Waals surface area contributed by atoms with Gasteiger partial charge >= 0.3 is 0 Å². The lowest BCUT2D eigenvalue weighted by Gasteiger charge is -2.04. The van der Waals surface area contributed by atoms with Crippen molar-refractivity contribution in [1.82, 2.24) is 0 Å². The van der Waals surface area contributed by atoms with Crippen LogP contribution >= 0.6 is 9.24 Å². The molecule has 0 aliphatic carbocycles. The molecule has 1 aromatic rings. The molecular weight excluding hydrogens is 155 g/mol. The van der Waals surface area contributed by atoms with Gasteiger partial charge in [0.1, 0.15) is 5.75 Å². The highest BCUT2D eigenvalue weighted by Gasteiger charge is 1.96. The smallest absolute Gasteiger partial charge is 0.119 e. The van der Waals surface area contributed by atoms with Crippen LogP contribution in [0.25, 0.3) is 0 Å². The first-order chi connectivity index (χ1) is 5.27. The van der Waals surface area contributed by atoms with Gasteiger partial charge in [0.2, 0.25) is 0 Å². The standard InChI is InChI=1S/C9H13OP/c1-7-5-9(10-2)4-3-8(7)6-11/h3-5H,6,11H2,1-2H3. The molecule has 0 aromatic heterocycles. The summed E-state index contributed by atoms with van der Waals surface area (Å²) in [7, 11) is 4.41. The van der Waals surface area contributed by atoms with Crippen molar-refractivity contribution in [3.8, 4) is 5.75 Å². The second-order valence-electron chi connectivity index (χ2n) is 2.50. The van der Waals surface area contributed by atoms with Gasteiger partial charge in [-0.25, -0.2) is 0 Å². The minimum Gasteiger partial charge on any atom is -0.497 e. The van der Waals surface area contributed by atoms with Crippen LogP contribution in [-0.2, 0) is 6.16 Å². The van der Waals surface area contributed by atoms with E-state index in [1.165, 1.54) is 11.1 Å². The largest absolute Gasteiger partial charge is 0.497 e. The lowest BCUT2D eigenvalue weighted by Crippen LogP contribution is -1.87. The Morgan fingerprint density at radius 1 is 1.45 bits per heavy atom. The molecule has 0 saturated carbocycles. The third-order valence-corrected chi connectivity index (χ3v) is 2.21. The highest BCUT2D eigenvalue weighted by molar-refractivity contribution is 7.15. The molecule has 0 aliphatic rings. The van der Waals surface area contributed by atoms with Gasteiger partial charge in [-0.3, -0.25) is 0 Å². The predicted octanol–water partition coefficient (Wildman–Crippen LogP) is 2.38. The molecule has 0 spiro atoms. The molecule has 0 amide bonds. The average molecular weight is 168 g/mol. The number of benzene rings is 1. The van der Waals surface area contributed by atoms with Gasteiger partial charge < -0.3 is 4.74 Å². The maximum absolute atomic E-state index is 5.09. The van der Waals surface area contributed by atoms with Gasteiger partial charge in [0, 0.05) is 0 Å². The van der Waals surface area contributed by atoms with Crippen molar-refractivity contribution in [3.63, 3.8) is 0 Å². The Morgan fingerprint density at radius 2 is 2.18 bits per heavy atom. The van der Waals surface area contributed by atoms with Crippen LogP contribution in [-0.4, -0.2) is 7.11 Å². The maximum Gasteiger partial charge on any atom is 0.119 e. The van der Waals surface area contributed by atoms with Crippen LogP contribution in [0.1, 0.15) is 11.1 Å². The normalized spacial score (nSPS) is 9.73. The number of hydrogen-bond donors (Lipinski definition) is 0. The lowest BCUT2D eigenvalue weighted by molar-refractivity contribution is 0.414. The summed E-state index contributed by atoms with van der Waals surface area (Å²) in [6.45, 7) is 2.10. The Bertz CT molecular complexity index is 245. The van der Waals surface area contributed by atoms with Gasteiger partial charge in [0.05, 0.1) is 7.11 Å². The molecule has 1 unspecified atom stereocenters. The number of ether oxygens (including phenoxy) is 1. The molecule has 1 nitrogen and oxygen atoms in total. The number of rotatable bonds is 2. The minimum atomic E-state index is 0.935. The molecule has 0 bridgehead atoms. The zero-order valence-corrected chi connectivity index (χ0v) is 8.08. The van der Waals surface area contributed by atoms with E-state index in [0.29, 0.717) is 0 Å². The van der Waals surface area contributed by atoms with Gasteiger partial charge in [-0.2, -0.15) is 0 Å². The second kappa shape index (κ2) is 3.73. The molecule has 0 aliphatic heterocycles. The third kappa shape index (κ3) is 1.94. The fourth-order valence-corrected chi connectivity index (χ4v) is 1.48. The number of aryl methyl sites for hydroxylation is 1. The molecule has 2 heteroatoms. The predicted molar refractivity (Wildman–Crippen MR) is 51.1 cm³/mol. The van der Waals surface area contributed by atoms with Gasteiger partial charge in [0.25, 0.3) is 0 Å². The average Bonchev–Trinajstić information content (AvgIpc) is 2.04. The number of methoxy groups -OCH3 is 1. The van der Waals surface area contributed by atoms with E-state index in [2.05, 4.69) is 28.3 Å². The molecular formula is C9H13OP. The summed E-state index contributed by atoms with van der Waals surface area (Å²) in [6.07, 6.45) is 1.01. The van der Waals surface area contributed by atoms with E-state index in [0.717, 1.165) is 11.9 Å². The molecule has 1 rings (SSSR count). The summed E-state index contributed by atoms with van der Waals surface area (Å²) in [5.74, 6) is 0.935. The molecule has 0 saturated heterocycles. The van der Waals surface area contributed by atoms with Crippen molar-refractivity contribution in [1.29, 1.82) is 0 Å². The van der Waals surface area contributed by atoms with E-state index in [1.807, 2.05) is 6.07 Å². The third-order valence-electron chi connectivity index (χ3n) is 1.77. The van der Waals surface area contributed by atoms with E-state index in [-0.39, 0.29) is 0 Å². The van der Waals surface area contributed by atoms with Crippen molar-refractivity contribution in [2.24, 2.45) is 0 Å². The van der Waals surface area contributed by atoms with Crippen molar-refractivity contribution in [2.45, 2.75) is 13.1 Å². The van der Waals surface area contributed by atoms with E-state index in [1.54, 1.807) is 7.11 Å². The molecule has 1 aromatic carbocycles. The van der Waals surface area contributed by atoms with Crippen LogP contribution in [0.4, 0.5) is 0 Å². The first kappa shape index (κ1) is 8.55. The molecule has 11 heavy (non-hydrogen) atoms. The quantitative estimate of drug-likeness (QED) is 0.616. The van der Waals surface area contributed by atoms with Crippen LogP contribution in [0.2, 0.25) is 0 Å². The van der Waals surface area contributed by atoms with Crippen LogP contribution < -0.4 is 4.74 Å². The zero-order chi connectivity index (χ0) is 8.27. The van der Waals surface area contributed by atoms with Crippen molar-refractivity contribution in [3.05, 3.63) is 29.3 Å². The molecule has 0 N–H and O–H groups in total. The molecule has 60 valence electrons. The van der Waals surface area contributed by atoms with Crippen molar-refractivity contribution < 1.29 is 4.74 Å². The van der Waals surface area contributed by atoms with Gasteiger partial charge in [-0.05, 0) is 36.3 Å². The number of hydrogen-bond acceptors (Lipinski definition) is 1. The Labute approximate surface area is 70.0 Å². The fourth-order valence-electron chi connectivity index (χ4n) is 1.02. The monoisotopic (exact) mass is 168 g/mol. The Morgan fingerprint density at radius 3 is 2.64 bits per heavy atom. The highest BCUT2D eigenvalue weighted by Crippen LogP contribution is 2.18. The van der Waals surface area contributed by atoms with E-state index in [9.17, 15) is 0 Å². The first-order valence-corrected chi connectivity index (χ1v) is 4.43. The van der Waals surface area contributed by atoms with Crippen molar-refractivity contribution in [2.75, 3.05) is 7.11 Å². The van der Waals surface area contributed by atoms with Crippen LogP contribution in [0.5, 0.6) is 5.75 Å². The summed E-state index contributed by atoms with van der Waals surface area (Å²) in [6, 6.07) is 6.15. The molecule has 0 radical (unpaired) electrons. The Balaban J connectivity index is 2.99. The van der Waals surface area contributed by atoms with E-state index in [4.69, 9.17) is 4.74 Å². The lowest BCUT2D eigenvalue weighted by atomic mass is 10.1. The maximum atomic E-state index is 5.09. The SMILES string of the molecule is COc1ccc(CP)c(C)c1. The molecule has 0 heterocycles. The van der Waals surface area contributed by atoms with E-state index < -0.39 is 0 Å². The minimum absolute atomic E-state index is 0.935. The second-order valence-corrected chi connectivity index (χ2v) is 2.90. The topological polar surface area (TPSA) is 9.23 Å². The van der Waals surface area contributed by atoms with Gasteiger partial charge in [-0.15, -0.1) is 9.24 Å². The van der Waals surface area contributed by atoms with Gasteiger partial charge in [0.15, 0.2) is 0 Å².